The quantitative estimate of drug-likeness (QED) is 0.820. The van der Waals surface area contributed by atoms with Crippen LogP contribution in [-0.2, 0) is 4.79 Å². The molecule has 1 unspecified atom stereocenters. The van der Waals surface area contributed by atoms with Crippen LogP contribution in [0.25, 0.3) is 0 Å². The van der Waals surface area contributed by atoms with Crippen LogP contribution in [0.1, 0.15) is 40.0 Å². The largest absolute Gasteiger partial charge is 0.370 e. The minimum Gasteiger partial charge on any atom is -0.370 e. The van der Waals surface area contributed by atoms with Crippen LogP contribution in [0.5, 0.6) is 0 Å². The van der Waals surface area contributed by atoms with Crippen molar-refractivity contribution in [3.8, 4) is 0 Å². The highest BCUT2D eigenvalue weighted by Crippen LogP contribution is 2.21. The van der Waals surface area contributed by atoms with Crippen molar-refractivity contribution in [2.24, 2.45) is 11.8 Å². The highest BCUT2D eigenvalue weighted by Gasteiger charge is 2.23. The summed E-state index contributed by atoms with van der Waals surface area (Å²) in [4.78, 5) is 16.8. The van der Waals surface area contributed by atoms with Gasteiger partial charge in [0.05, 0.1) is 0 Å². The molecule has 0 aromatic heterocycles. The molecule has 1 amide bonds. The maximum atomic E-state index is 13.1. The van der Waals surface area contributed by atoms with Crippen molar-refractivity contribution in [3.63, 3.8) is 0 Å². The summed E-state index contributed by atoms with van der Waals surface area (Å²) < 4.78 is 13.1. The predicted octanol–water partition coefficient (Wildman–Crippen LogP) is 3.94. The van der Waals surface area contributed by atoms with Crippen molar-refractivity contribution in [2.75, 3.05) is 31.1 Å². The molecule has 1 saturated heterocycles. The Morgan fingerprint density at radius 1 is 1.13 bits per heavy atom. The average molecular weight is 320 g/mol. The summed E-state index contributed by atoms with van der Waals surface area (Å²) in [5, 5.41) is 0. The first-order valence-corrected chi connectivity index (χ1v) is 8.79. The van der Waals surface area contributed by atoms with Crippen LogP contribution in [-0.4, -0.2) is 37.0 Å². The summed E-state index contributed by atoms with van der Waals surface area (Å²) in [7, 11) is 0. The molecule has 1 aliphatic heterocycles. The zero-order valence-electron chi connectivity index (χ0n) is 14.6. The van der Waals surface area contributed by atoms with Gasteiger partial charge in [-0.05, 0) is 42.5 Å². The molecular weight excluding hydrogens is 291 g/mol. The van der Waals surface area contributed by atoms with E-state index in [1.807, 2.05) is 17.0 Å². The molecule has 1 atom stereocenters. The topological polar surface area (TPSA) is 23.6 Å². The van der Waals surface area contributed by atoms with Crippen LogP contribution in [0, 0.1) is 17.7 Å². The Labute approximate surface area is 139 Å². The number of benzene rings is 1. The lowest BCUT2D eigenvalue weighted by Gasteiger charge is -2.26. The minimum atomic E-state index is -0.209. The van der Waals surface area contributed by atoms with Gasteiger partial charge in [0.2, 0.25) is 5.91 Å². The zero-order valence-corrected chi connectivity index (χ0v) is 14.6. The first-order valence-electron chi connectivity index (χ1n) is 8.79. The number of amides is 1. The Kier molecular flexibility index (Phi) is 6.43. The number of anilines is 1. The van der Waals surface area contributed by atoms with Crippen molar-refractivity contribution in [2.45, 2.75) is 40.0 Å². The van der Waals surface area contributed by atoms with Gasteiger partial charge in [0.1, 0.15) is 5.82 Å². The van der Waals surface area contributed by atoms with E-state index in [2.05, 4.69) is 25.7 Å². The first kappa shape index (κ1) is 17.8. The Hall–Kier alpha value is -1.58. The van der Waals surface area contributed by atoms with E-state index >= 15 is 0 Å². The summed E-state index contributed by atoms with van der Waals surface area (Å²) in [6.45, 7) is 9.86. The van der Waals surface area contributed by atoms with E-state index in [0.29, 0.717) is 18.3 Å². The van der Waals surface area contributed by atoms with E-state index in [0.717, 1.165) is 44.7 Å². The Bertz CT molecular complexity index is 501. The molecule has 1 heterocycles. The van der Waals surface area contributed by atoms with Crippen LogP contribution in [0.2, 0.25) is 0 Å². The molecule has 0 N–H and O–H groups in total. The Balaban J connectivity index is 1.92. The number of carbonyl (C=O) groups excluding carboxylic acids is 1. The summed E-state index contributed by atoms with van der Waals surface area (Å²) in [6, 6.07) is 6.63. The summed E-state index contributed by atoms with van der Waals surface area (Å²) in [5.41, 5.74) is 1.04. The third-order valence-corrected chi connectivity index (χ3v) is 4.94. The molecule has 0 radical (unpaired) electrons. The lowest BCUT2D eigenvalue weighted by atomic mass is 9.89. The fourth-order valence-corrected chi connectivity index (χ4v) is 3.28. The summed E-state index contributed by atoms with van der Waals surface area (Å²) in [5.74, 6) is 1.09. The fourth-order valence-electron chi connectivity index (χ4n) is 3.28. The second-order valence-electron chi connectivity index (χ2n) is 6.81. The van der Waals surface area contributed by atoms with Gasteiger partial charge in [-0.25, -0.2) is 4.39 Å². The highest BCUT2D eigenvalue weighted by molar-refractivity contribution is 5.76. The van der Waals surface area contributed by atoms with Crippen LogP contribution in [0.3, 0.4) is 0 Å². The molecule has 128 valence electrons. The van der Waals surface area contributed by atoms with Gasteiger partial charge in [0.15, 0.2) is 0 Å². The lowest BCUT2D eigenvalue weighted by Crippen LogP contribution is -2.36. The van der Waals surface area contributed by atoms with E-state index in [1.165, 1.54) is 12.1 Å². The molecule has 2 rings (SSSR count). The van der Waals surface area contributed by atoms with E-state index in [-0.39, 0.29) is 11.7 Å². The molecule has 3 nitrogen and oxygen atoms in total. The molecule has 1 aromatic rings. The molecule has 4 heteroatoms. The third-order valence-electron chi connectivity index (χ3n) is 4.94. The normalized spacial score (nSPS) is 17.3. The average Bonchev–Trinajstić information content (AvgIpc) is 2.79. The van der Waals surface area contributed by atoms with Crippen LogP contribution in [0.4, 0.5) is 10.1 Å². The molecule has 23 heavy (non-hydrogen) atoms. The Morgan fingerprint density at radius 2 is 1.83 bits per heavy atom. The maximum absolute atomic E-state index is 13.1. The van der Waals surface area contributed by atoms with Gasteiger partial charge >= 0.3 is 0 Å². The molecule has 0 aliphatic carbocycles. The number of hydrogen-bond acceptors (Lipinski definition) is 2. The van der Waals surface area contributed by atoms with Gasteiger partial charge in [-0.15, -0.1) is 0 Å². The number of halogens is 1. The van der Waals surface area contributed by atoms with Crippen LogP contribution in [0.15, 0.2) is 24.3 Å². The van der Waals surface area contributed by atoms with Gasteiger partial charge in [0.25, 0.3) is 0 Å². The zero-order chi connectivity index (χ0) is 16.8. The molecule has 1 fully saturated rings. The molecule has 0 bridgehead atoms. The van der Waals surface area contributed by atoms with E-state index in [9.17, 15) is 9.18 Å². The minimum absolute atomic E-state index is 0.209. The van der Waals surface area contributed by atoms with Crippen molar-refractivity contribution >= 4 is 11.6 Å². The number of rotatable bonds is 5. The first-order chi connectivity index (χ1) is 11.0. The number of carbonyl (C=O) groups is 1. The van der Waals surface area contributed by atoms with E-state index in [4.69, 9.17) is 0 Å². The monoisotopic (exact) mass is 320 g/mol. The molecule has 0 spiro atoms. The molecule has 1 aromatic carbocycles. The smallest absolute Gasteiger partial charge is 0.222 e. The van der Waals surface area contributed by atoms with E-state index in [1.54, 1.807) is 0 Å². The SMILES string of the molecule is CCC(CC(=O)N1CCCN(c2ccc(F)cc2)CC1)C(C)C. The predicted molar refractivity (Wildman–Crippen MR) is 93.0 cm³/mol. The number of hydrogen-bond donors (Lipinski definition) is 0. The standard InChI is InChI=1S/C19H29FN2O/c1-4-16(15(2)3)14-19(23)22-11-5-10-21(12-13-22)18-8-6-17(20)7-9-18/h6-9,15-16H,4-5,10-14H2,1-3H3. The maximum Gasteiger partial charge on any atom is 0.222 e. The Morgan fingerprint density at radius 3 is 2.43 bits per heavy atom. The van der Waals surface area contributed by atoms with Gasteiger partial charge in [-0.3, -0.25) is 4.79 Å². The molecule has 1 aliphatic rings. The van der Waals surface area contributed by atoms with Crippen LogP contribution >= 0.6 is 0 Å². The highest BCUT2D eigenvalue weighted by atomic mass is 19.1. The number of nitrogens with zero attached hydrogens (tertiary/aromatic N) is 2. The summed E-state index contributed by atoms with van der Waals surface area (Å²) >= 11 is 0. The van der Waals surface area contributed by atoms with Gasteiger partial charge < -0.3 is 9.80 Å². The molecular formula is C19H29FN2O. The third kappa shape index (κ3) is 4.95. The van der Waals surface area contributed by atoms with Gasteiger partial charge in [0, 0.05) is 38.3 Å². The second kappa shape index (κ2) is 8.32. The van der Waals surface area contributed by atoms with Crippen molar-refractivity contribution in [1.82, 2.24) is 4.90 Å². The second-order valence-corrected chi connectivity index (χ2v) is 6.81. The fraction of sp³-hybridized carbons (Fsp3) is 0.632. The van der Waals surface area contributed by atoms with Crippen molar-refractivity contribution in [1.29, 1.82) is 0 Å². The van der Waals surface area contributed by atoms with Crippen molar-refractivity contribution in [3.05, 3.63) is 30.1 Å². The van der Waals surface area contributed by atoms with E-state index < -0.39 is 0 Å². The van der Waals surface area contributed by atoms with Crippen molar-refractivity contribution < 1.29 is 9.18 Å². The van der Waals surface area contributed by atoms with Gasteiger partial charge in [-0.2, -0.15) is 0 Å². The van der Waals surface area contributed by atoms with Crippen LogP contribution < -0.4 is 4.90 Å². The summed E-state index contributed by atoms with van der Waals surface area (Å²) in [6.07, 6.45) is 2.67. The van der Waals surface area contributed by atoms with Gasteiger partial charge in [-0.1, -0.05) is 27.2 Å². The lowest BCUT2D eigenvalue weighted by molar-refractivity contribution is -0.132. The molecule has 0 saturated carbocycles.